The molecule has 1 N–H and O–H groups in total. The Kier molecular flexibility index (Phi) is 9.72. The van der Waals surface area contributed by atoms with Crippen molar-refractivity contribution in [3.05, 3.63) is 70.7 Å². The summed E-state index contributed by atoms with van der Waals surface area (Å²) in [7, 11) is 0. The van der Waals surface area contributed by atoms with E-state index >= 15 is 0 Å². The summed E-state index contributed by atoms with van der Waals surface area (Å²) in [5.41, 5.74) is 1.76. The molecule has 0 radical (unpaired) electrons. The highest BCUT2D eigenvalue weighted by atomic mass is 35.5. The molecule has 5 heteroatoms. The van der Waals surface area contributed by atoms with Crippen LogP contribution in [0.3, 0.4) is 0 Å². The van der Waals surface area contributed by atoms with Gasteiger partial charge in [0.15, 0.2) is 0 Å². The topological polar surface area (TPSA) is 49.4 Å². The first kappa shape index (κ1) is 23.0. The number of halogens is 1. The predicted octanol–water partition coefficient (Wildman–Crippen LogP) is 5.52. The van der Waals surface area contributed by atoms with Crippen molar-refractivity contribution in [2.24, 2.45) is 0 Å². The molecular weight excluding hydrogens is 384 g/mol. The summed E-state index contributed by atoms with van der Waals surface area (Å²) in [6.07, 6.45) is 4.23. The van der Waals surface area contributed by atoms with Crippen molar-refractivity contribution in [1.82, 2.24) is 10.2 Å². The van der Waals surface area contributed by atoms with Crippen LogP contribution >= 0.6 is 11.6 Å². The Labute approximate surface area is 179 Å². The second-order valence-electron chi connectivity index (χ2n) is 7.21. The molecule has 0 saturated carbocycles. The first-order chi connectivity index (χ1) is 14.1. The Balaban J connectivity index is 2.32. The van der Waals surface area contributed by atoms with Crippen LogP contribution in [0, 0.1) is 0 Å². The maximum absolute atomic E-state index is 13.2. The molecule has 0 aromatic heterocycles. The normalized spacial score (nSPS) is 11.7. The Morgan fingerprint density at radius 2 is 1.66 bits per heavy atom. The molecule has 2 rings (SSSR count). The number of nitrogens with one attached hydrogen (secondary N) is 1. The fourth-order valence-corrected chi connectivity index (χ4v) is 3.38. The van der Waals surface area contributed by atoms with Crippen LogP contribution in [0.1, 0.15) is 63.1 Å². The van der Waals surface area contributed by atoms with Gasteiger partial charge in [0.25, 0.3) is 0 Å². The number of amides is 2. The van der Waals surface area contributed by atoms with E-state index in [1.54, 1.807) is 4.90 Å². The van der Waals surface area contributed by atoms with Crippen LogP contribution in [0.4, 0.5) is 0 Å². The van der Waals surface area contributed by atoms with Crippen molar-refractivity contribution in [3.8, 4) is 0 Å². The van der Waals surface area contributed by atoms with Crippen LogP contribution < -0.4 is 5.32 Å². The quantitative estimate of drug-likeness (QED) is 0.492. The molecule has 4 nitrogen and oxygen atoms in total. The molecule has 0 unspecified atom stereocenters. The maximum Gasteiger partial charge on any atom is 0.247 e. The molecule has 2 aromatic rings. The average Bonchev–Trinajstić information content (AvgIpc) is 2.73. The predicted molar refractivity (Wildman–Crippen MR) is 119 cm³/mol. The van der Waals surface area contributed by atoms with Gasteiger partial charge in [-0.05, 0) is 36.1 Å². The van der Waals surface area contributed by atoms with Gasteiger partial charge in [0, 0.05) is 24.5 Å². The second-order valence-corrected chi connectivity index (χ2v) is 7.65. The van der Waals surface area contributed by atoms with Gasteiger partial charge in [-0.15, -0.1) is 0 Å². The van der Waals surface area contributed by atoms with Gasteiger partial charge in [0.1, 0.15) is 6.04 Å². The van der Waals surface area contributed by atoms with E-state index in [1.807, 2.05) is 61.5 Å². The summed E-state index contributed by atoms with van der Waals surface area (Å²) >= 11 is 6.01. The van der Waals surface area contributed by atoms with Gasteiger partial charge in [0.2, 0.25) is 11.8 Å². The van der Waals surface area contributed by atoms with E-state index in [4.69, 9.17) is 11.6 Å². The minimum Gasteiger partial charge on any atom is -0.354 e. The van der Waals surface area contributed by atoms with Gasteiger partial charge < -0.3 is 10.2 Å². The number of unbranched alkanes of at least 4 members (excludes halogenated alkanes) is 2. The fourth-order valence-electron chi connectivity index (χ4n) is 3.26. The fraction of sp³-hybridized carbons (Fsp3) is 0.417. The smallest absolute Gasteiger partial charge is 0.247 e. The van der Waals surface area contributed by atoms with E-state index in [0.29, 0.717) is 24.5 Å². The monoisotopic (exact) mass is 414 g/mol. The van der Waals surface area contributed by atoms with Crippen LogP contribution in [0.2, 0.25) is 5.02 Å². The zero-order valence-corrected chi connectivity index (χ0v) is 18.1. The highest BCUT2D eigenvalue weighted by Gasteiger charge is 2.30. The molecule has 2 amide bonds. The molecular formula is C24H31ClN2O2. The minimum absolute atomic E-state index is 0.0278. The molecule has 0 aliphatic heterocycles. The van der Waals surface area contributed by atoms with Crippen molar-refractivity contribution in [2.45, 2.75) is 58.5 Å². The Bertz CT molecular complexity index is 762. The minimum atomic E-state index is -0.660. The third-order valence-electron chi connectivity index (χ3n) is 4.81. The highest BCUT2D eigenvalue weighted by molar-refractivity contribution is 6.30. The lowest BCUT2D eigenvalue weighted by Crippen LogP contribution is -2.43. The van der Waals surface area contributed by atoms with Crippen molar-refractivity contribution in [1.29, 1.82) is 0 Å². The maximum atomic E-state index is 13.2. The summed E-state index contributed by atoms with van der Waals surface area (Å²) in [4.78, 5) is 27.9. The van der Waals surface area contributed by atoms with Gasteiger partial charge in [-0.1, -0.05) is 80.8 Å². The molecule has 0 aliphatic carbocycles. The van der Waals surface area contributed by atoms with Crippen molar-refractivity contribution in [3.63, 3.8) is 0 Å². The second kappa shape index (κ2) is 12.3. The first-order valence-electron chi connectivity index (χ1n) is 10.4. The van der Waals surface area contributed by atoms with Crippen LogP contribution in [-0.4, -0.2) is 23.3 Å². The summed E-state index contributed by atoms with van der Waals surface area (Å²) in [6.45, 7) is 5.08. The van der Waals surface area contributed by atoms with Crippen molar-refractivity contribution >= 4 is 23.4 Å². The summed E-state index contributed by atoms with van der Waals surface area (Å²) in [5, 5.41) is 3.68. The average molecular weight is 415 g/mol. The third kappa shape index (κ3) is 7.21. The zero-order valence-electron chi connectivity index (χ0n) is 17.4. The molecule has 0 saturated heterocycles. The SMILES string of the molecule is CCCCCNC(=O)[C@H](c1ccccc1)N(Cc1ccc(Cl)cc1)C(=O)CCC. The molecule has 0 spiro atoms. The van der Waals surface area contributed by atoms with Gasteiger partial charge in [-0.3, -0.25) is 9.59 Å². The number of hydrogen-bond acceptors (Lipinski definition) is 2. The van der Waals surface area contributed by atoms with E-state index in [2.05, 4.69) is 12.2 Å². The number of hydrogen-bond donors (Lipinski definition) is 1. The van der Waals surface area contributed by atoms with Gasteiger partial charge in [0.05, 0.1) is 0 Å². The highest BCUT2D eigenvalue weighted by Crippen LogP contribution is 2.25. The Morgan fingerprint density at radius 3 is 2.28 bits per heavy atom. The molecule has 0 fully saturated rings. The lowest BCUT2D eigenvalue weighted by atomic mass is 10.0. The summed E-state index contributed by atoms with van der Waals surface area (Å²) < 4.78 is 0. The van der Waals surface area contributed by atoms with E-state index in [9.17, 15) is 9.59 Å². The van der Waals surface area contributed by atoms with Crippen LogP contribution in [0.5, 0.6) is 0 Å². The molecule has 29 heavy (non-hydrogen) atoms. The van der Waals surface area contributed by atoms with Crippen LogP contribution in [0.25, 0.3) is 0 Å². The van der Waals surface area contributed by atoms with Crippen LogP contribution in [0.15, 0.2) is 54.6 Å². The molecule has 1 atom stereocenters. The standard InChI is InChI=1S/C24H31ClN2O2/c1-3-5-9-17-26-24(29)23(20-11-7-6-8-12-20)27(22(28)10-4-2)18-19-13-15-21(25)16-14-19/h6-8,11-16,23H,3-5,9-10,17-18H2,1-2H3,(H,26,29)/t23-/m0/s1. The van der Waals surface area contributed by atoms with Gasteiger partial charge in [-0.25, -0.2) is 0 Å². The number of carbonyl (C=O) groups excluding carboxylic acids is 2. The molecule has 0 bridgehead atoms. The van der Waals surface area contributed by atoms with Gasteiger partial charge >= 0.3 is 0 Å². The number of rotatable bonds is 11. The van der Waals surface area contributed by atoms with E-state index in [-0.39, 0.29) is 11.8 Å². The van der Waals surface area contributed by atoms with Crippen molar-refractivity contribution < 1.29 is 9.59 Å². The number of carbonyl (C=O) groups is 2. The van der Waals surface area contributed by atoms with Gasteiger partial charge in [-0.2, -0.15) is 0 Å². The molecule has 0 aliphatic rings. The Hall–Kier alpha value is -2.33. The first-order valence-corrected chi connectivity index (χ1v) is 10.8. The number of nitrogens with zero attached hydrogens (tertiary/aromatic N) is 1. The summed E-state index contributed by atoms with van der Waals surface area (Å²) in [6, 6.07) is 16.3. The van der Waals surface area contributed by atoms with Crippen molar-refractivity contribution in [2.75, 3.05) is 6.54 Å². The molecule has 156 valence electrons. The molecule has 0 heterocycles. The number of benzene rings is 2. The molecule has 2 aromatic carbocycles. The lowest BCUT2D eigenvalue weighted by Gasteiger charge is -2.31. The third-order valence-corrected chi connectivity index (χ3v) is 5.06. The van der Waals surface area contributed by atoms with Crippen LogP contribution in [-0.2, 0) is 16.1 Å². The largest absolute Gasteiger partial charge is 0.354 e. The van der Waals surface area contributed by atoms with E-state index < -0.39 is 6.04 Å². The van der Waals surface area contributed by atoms with E-state index in [1.165, 1.54) is 0 Å². The lowest BCUT2D eigenvalue weighted by molar-refractivity contribution is -0.141. The summed E-state index contributed by atoms with van der Waals surface area (Å²) in [5.74, 6) is -0.161. The van der Waals surface area contributed by atoms with E-state index in [0.717, 1.165) is 36.8 Å². The zero-order chi connectivity index (χ0) is 21.1. The Morgan fingerprint density at radius 1 is 0.966 bits per heavy atom.